The lowest BCUT2D eigenvalue weighted by molar-refractivity contribution is -0.0709. The van der Waals surface area contributed by atoms with Crippen LogP contribution in [-0.2, 0) is 9.47 Å². The van der Waals surface area contributed by atoms with Crippen LogP contribution in [0.2, 0.25) is 0 Å². The number of morpholine rings is 1. The molecular formula is C10H21NO3. The number of ether oxygens (including phenoxy) is 2. The molecule has 0 radical (unpaired) electrons. The van der Waals surface area contributed by atoms with Gasteiger partial charge in [0.05, 0.1) is 24.9 Å². The van der Waals surface area contributed by atoms with Crippen LogP contribution < -0.4 is 5.32 Å². The van der Waals surface area contributed by atoms with Gasteiger partial charge >= 0.3 is 0 Å². The zero-order valence-electron chi connectivity index (χ0n) is 9.03. The lowest BCUT2D eigenvalue weighted by Gasteiger charge is -2.28. The Morgan fingerprint density at radius 1 is 1.57 bits per heavy atom. The summed E-state index contributed by atoms with van der Waals surface area (Å²) in [4.78, 5) is 0. The summed E-state index contributed by atoms with van der Waals surface area (Å²) in [6, 6.07) is 0. The second kappa shape index (κ2) is 6.35. The minimum Gasteiger partial charge on any atom is -0.393 e. The first kappa shape index (κ1) is 11.9. The SMILES string of the molecule is CC(O)CCOCC1CNCC(C)O1. The number of aliphatic hydroxyl groups excluding tert-OH is 1. The molecule has 2 N–H and O–H groups in total. The van der Waals surface area contributed by atoms with E-state index in [4.69, 9.17) is 14.6 Å². The Bertz CT molecular complexity index is 152. The maximum Gasteiger partial charge on any atom is 0.0936 e. The zero-order valence-corrected chi connectivity index (χ0v) is 9.03. The molecule has 0 aromatic rings. The van der Waals surface area contributed by atoms with E-state index in [2.05, 4.69) is 12.2 Å². The van der Waals surface area contributed by atoms with Crippen LogP contribution in [0, 0.1) is 0 Å². The van der Waals surface area contributed by atoms with Crippen molar-refractivity contribution in [2.24, 2.45) is 0 Å². The van der Waals surface area contributed by atoms with Gasteiger partial charge in [-0.1, -0.05) is 0 Å². The molecule has 1 aliphatic heterocycles. The van der Waals surface area contributed by atoms with E-state index in [0.29, 0.717) is 19.6 Å². The minimum atomic E-state index is -0.278. The van der Waals surface area contributed by atoms with Gasteiger partial charge in [0.1, 0.15) is 0 Å². The number of aliphatic hydroxyl groups is 1. The smallest absolute Gasteiger partial charge is 0.0936 e. The maximum atomic E-state index is 9.01. The molecule has 1 aliphatic rings. The fourth-order valence-corrected chi connectivity index (χ4v) is 1.44. The number of rotatable bonds is 5. The van der Waals surface area contributed by atoms with E-state index in [9.17, 15) is 0 Å². The highest BCUT2D eigenvalue weighted by Gasteiger charge is 2.18. The first-order valence-corrected chi connectivity index (χ1v) is 5.30. The Morgan fingerprint density at radius 3 is 3.00 bits per heavy atom. The van der Waals surface area contributed by atoms with E-state index in [1.807, 2.05) is 0 Å². The molecule has 1 fully saturated rings. The fourth-order valence-electron chi connectivity index (χ4n) is 1.44. The Labute approximate surface area is 85.6 Å². The molecule has 3 unspecified atom stereocenters. The van der Waals surface area contributed by atoms with Gasteiger partial charge in [0, 0.05) is 19.7 Å². The zero-order chi connectivity index (χ0) is 10.4. The van der Waals surface area contributed by atoms with E-state index in [1.165, 1.54) is 0 Å². The molecule has 1 rings (SSSR count). The fraction of sp³-hybridized carbons (Fsp3) is 1.00. The van der Waals surface area contributed by atoms with Crippen molar-refractivity contribution in [1.82, 2.24) is 5.32 Å². The van der Waals surface area contributed by atoms with Crippen molar-refractivity contribution >= 4 is 0 Å². The first-order valence-electron chi connectivity index (χ1n) is 5.30. The maximum absolute atomic E-state index is 9.01. The van der Waals surface area contributed by atoms with E-state index < -0.39 is 0 Å². The molecule has 0 spiro atoms. The second-order valence-electron chi connectivity index (χ2n) is 3.94. The van der Waals surface area contributed by atoms with Gasteiger partial charge in [0.2, 0.25) is 0 Å². The molecular weight excluding hydrogens is 182 g/mol. The summed E-state index contributed by atoms with van der Waals surface area (Å²) in [6.45, 7) is 6.82. The molecule has 0 amide bonds. The largest absolute Gasteiger partial charge is 0.393 e. The monoisotopic (exact) mass is 203 g/mol. The summed E-state index contributed by atoms with van der Waals surface area (Å²) in [7, 11) is 0. The molecule has 0 bridgehead atoms. The molecule has 0 aromatic heterocycles. The third-order valence-electron chi connectivity index (χ3n) is 2.21. The number of nitrogens with one attached hydrogen (secondary N) is 1. The van der Waals surface area contributed by atoms with Gasteiger partial charge in [-0.2, -0.15) is 0 Å². The van der Waals surface area contributed by atoms with Crippen LogP contribution >= 0.6 is 0 Å². The summed E-state index contributed by atoms with van der Waals surface area (Å²) in [5.41, 5.74) is 0. The van der Waals surface area contributed by atoms with Gasteiger partial charge in [-0.15, -0.1) is 0 Å². The van der Waals surface area contributed by atoms with Crippen molar-refractivity contribution in [3.8, 4) is 0 Å². The van der Waals surface area contributed by atoms with Gasteiger partial charge in [0.15, 0.2) is 0 Å². The summed E-state index contributed by atoms with van der Waals surface area (Å²) in [6.07, 6.45) is 0.844. The van der Waals surface area contributed by atoms with Crippen LogP contribution in [0.3, 0.4) is 0 Å². The summed E-state index contributed by atoms with van der Waals surface area (Å²) in [5, 5.41) is 12.3. The summed E-state index contributed by atoms with van der Waals surface area (Å²) < 4.78 is 11.1. The highest BCUT2D eigenvalue weighted by molar-refractivity contribution is 4.71. The molecule has 1 heterocycles. The molecule has 14 heavy (non-hydrogen) atoms. The van der Waals surface area contributed by atoms with Gasteiger partial charge in [-0.3, -0.25) is 0 Å². The first-order chi connectivity index (χ1) is 6.68. The van der Waals surface area contributed by atoms with Gasteiger partial charge in [-0.05, 0) is 20.3 Å². The van der Waals surface area contributed by atoms with Gasteiger partial charge in [0.25, 0.3) is 0 Å². The quantitative estimate of drug-likeness (QED) is 0.625. The highest BCUT2D eigenvalue weighted by Crippen LogP contribution is 2.03. The highest BCUT2D eigenvalue weighted by atomic mass is 16.5. The standard InChI is InChI=1S/C10H21NO3/c1-8(12)3-4-13-7-10-6-11-5-9(2)14-10/h8-12H,3-7H2,1-2H3. The van der Waals surface area contributed by atoms with Crippen molar-refractivity contribution < 1.29 is 14.6 Å². The lowest BCUT2D eigenvalue weighted by atomic mass is 10.2. The Hall–Kier alpha value is -0.160. The van der Waals surface area contributed by atoms with Crippen molar-refractivity contribution in [2.75, 3.05) is 26.3 Å². The predicted octanol–water partition coefficient (Wildman–Crippen LogP) is 0.151. The molecule has 4 nitrogen and oxygen atoms in total. The van der Waals surface area contributed by atoms with Gasteiger partial charge in [-0.25, -0.2) is 0 Å². The Kier molecular flexibility index (Phi) is 5.40. The molecule has 0 saturated carbocycles. The Balaban J connectivity index is 2.00. The van der Waals surface area contributed by atoms with Crippen molar-refractivity contribution in [3.05, 3.63) is 0 Å². The third kappa shape index (κ3) is 4.91. The van der Waals surface area contributed by atoms with Crippen LogP contribution in [0.4, 0.5) is 0 Å². The van der Waals surface area contributed by atoms with Crippen LogP contribution in [0.1, 0.15) is 20.3 Å². The van der Waals surface area contributed by atoms with Crippen LogP contribution in [0.15, 0.2) is 0 Å². The second-order valence-corrected chi connectivity index (χ2v) is 3.94. The van der Waals surface area contributed by atoms with Crippen molar-refractivity contribution in [2.45, 2.75) is 38.6 Å². The molecule has 1 saturated heterocycles. The predicted molar refractivity (Wildman–Crippen MR) is 54.3 cm³/mol. The van der Waals surface area contributed by atoms with Crippen LogP contribution in [0.25, 0.3) is 0 Å². The normalized spacial score (nSPS) is 30.2. The molecule has 0 aliphatic carbocycles. The molecule has 3 atom stereocenters. The topological polar surface area (TPSA) is 50.7 Å². The number of hydrogen-bond donors (Lipinski definition) is 2. The summed E-state index contributed by atoms with van der Waals surface area (Å²) in [5.74, 6) is 0. The van der Waals surface area contributed by atoms with E-state index in [0.717, 1.165) is 13.1 Å². The van der Waals surface area contributed by atoms with Crippen molar-refractivity contribution in [3.63, 3.8) is 0 Å². The van der Waals surface area contributed by atoms with E-state index in [1.54, 1.807) is 6.92 Å². The molecule has 4 heteroatoms. The summed E-state index contributed by atoms with van der Waals surface area (Å²) >= 11 is 0. The van der Waals surface area contributed by atoms with Gasteiger partial charge < -0.3 is 19.9 Å². The third-order valence-corrected chi connectivity index (χ3v) is 2.21. The minimum absolute atomic E-state index is 0.160. The average Bonchev–Trinajstić information content (AvgIpc) is 2.12. The number of hydrogen-bond acceptors (Lipinski definition) is 4. The van der Waals surface area contributed by atoms with Crippen LogP contribution in [0.5, 0.6) is 0 Å². The Morgan fingerprint density at radius 2 is 2.36 bits per heavy atom. The van der Waals surface area contributed by atoms with Crippen LogP contribution in [-0.4, -0.2) is 49.7 Å². The molecule has 0 aromatic carbocycles. The molecule has 84 valence electrons. The van der Waals surface area contributed by atoms with E-state index in [-0.39, 0.29) is 18.3 Å². The van der Waals surface area contributed by atoms with Crippen molar-refractivity contribution in [1.29, 1.82) is 0 Å². The van der Waals surface area contributed by atoms with E-state index >= 15 is 0 Å². The lowest BCUT2D eigenvalue weighted by Crippen LogP contribution is -2.45. The average molecular weight is 203 g/mol.